The smallest absolute Gasteiger partial charge is 0.136 e. The highest BCUT2D eigenvalue weighted by Gasteiger charge is 2.05. The molecule has 1 rings (SSSR count). The second-order valence-electron chi connectivity index (χ2n) is 1.90. The lowest BCUT2D eigenvalue weighted by Crippen LogP contribution is -1.84. The van der Waals surface area contributed by atoms with Gasteiger partial charge in [-0.15, -0.1) is 0 Å². The van der Waals surface area contributed by atoms with Gasteiger partial charge in [-0.2, -0.15) is 0 Å². The van der Waals surface area contributed by atoms with Gasteiger partial charge >= 0.3 is 0 Å². The van der Waals surface area contributed by atoms with E-state index in [1.165, 1.54) is 0 Å². The summed E-state index contributed by atoms with van der Waals surface area (Å²) in [6.07, 6.45) is 0. The molecule has 11 heavy (non-hydrogen) atoms. The van der Waals surface area contributed by atoms with Crippen LogP contribution >= 0.6 is 39.1 Å². The van der Waals surface area contributed by atoms with Crippen molar-refractivity contribution in [3.05, 3.63) is 26.7 Å². The molecule has 1 aromatic rings. The number of rotatable bonds is 1. The lowest BCUT2D eigenvalue weighted by molar-refractivity contribution is 0.412. The third-order valence-electron chi connectivity index (χ3n) is 1.18. The van der Waals surface area contributed by atoms with Gasteiger partial charge in [0.15, 0.2) is 0 Å². The van der Waals surface area contributed by atoms with Crippen LogP contribution in [0.1, 0.15) is 0 Å². The lowest BCUT2D eigenvalue weighted by Gasteiger charge is -2.04. The molecule has 4 heteroatoms. The van der Waals surface area contributed by atoms with Crippen molar-refractivity contribution in [2.75, 3.05) is 7.11 Å². The predicted octanol–water partition coefficient (Wildman–Crippen LogP) is 3.76. The Morgan fingerprint density at radius 3 is 2.55 bits per heavy atom. The highest BCUT2D eigenvalue weighted by Crippen LogP contribution is 2.34. The van der Waals surface area contributed by atoms with Gasteiger partial charge in [0.2, 0.25) is 0 Å². The molecule has 0 aliphatic rings. The Bertz CT molecular complexity index is 275. The zero-order valence-electron chi connectivity index (χ0n) is 5.70. The Kier molecular flexibility index (Phi) is 3.05. The summed E-state index contributed by atoms with van der Waals surface area (Å²) in [5, 5.41) is 1.12. The van der Waals surface area contributed by atoms with E-state index in [1.54, 1.807) is 19.2 Å². The largest absolute Gasteiger partial charge is 0.495 e. The van der Waals surface area contributed by atoms with Gasteiger partial charge in [-0.3, -0.25) is 0 Å². The number of hydrogen-bond acceptors (Lipinski definition) is 1. The highest BCUT2D eigenvalue weighted by atomic mass is 79.9. The number of benzene rings is 1. The molecule has 0 saturated carbocycles. The van der Waals surface area contributed by atoms with Crippen molar-refractivity contribution in [2.45, 2.75) is 0 Å². The topological polar surface area (TPSA) is 9.23 Å². The van der Waals surface area contributed by atoms with E-state index in [4.69, 9.17) is 27.9 Å². The maximum atomic E-state index is 5.79. The molecule has 0 fully saturated rings. The van der Waals surface area contributed by atoms with Gasteiger partial charge < -0.3 is 4.74 Å². The zero-order chi connectivity index (χ0) is 8.43. The van der Waals surface area contributed by atoms with Crippen LogP contribution in [0, 0.1) is 0 Å². The Hall–Kier alpha value is 0.0800. The molecule has 0 bridgehead atoms. The molecule has 0 atom stereocenters. The summed E-state index contributed by atoms with van der Waals surface area (Å²) in [6.45, 7) is 0. The molecule has 1 aromatic carbocycles. The fourth-order valence-corrected chi connectivity index (χ4v) is 1.55. The van der Waals surface area contributed by atoms with Crippen LogP contribution in [-0.2, 0) is 0 Å². The Morgan fingerprint density at radius 1 is 1.36 bits per heavy atom. The molecule has 0 heterocycles. The van der Waals surface area contributed by atoms with E-state index in [-0.39, 0.29) is 0 Å². The van der Waals surface area contributed by atoms with E-state index in [2.05, 4.69) is 15.9 Å². The van der Waals surface area contributed by atoms with Crippen molar-refractivity contribution in [1.29, 1.82) is 0 Å². The summed E-state index contributed by atoms with van der Waals surface area (Å²) in [5.41, 5.74) is 0. The van der Waals surface area contributed by atoms with E-state index >= 15 is 0 Å². The summed E-state index contributed by atoms with van der Waals surface area (Å²) in [4.78, 5) is 0. The van der Waals surface area contributed by atoms with Gasteiger partial charge in [-0.25, -0.2) is 0 Å². The van der Waals surface area contributed by atoms with Crippen LogP contribution in [0.3, 0.4) is 0 Å². The molecule has 0 unspecified atom stereocenters. The highest BCUT2D eigenvalue weighted by molar-refractivity contribution is 9.10. The minimum absolute atomic E-state index is 0.550. The van der Waals surface area contributed by atoms with Crippen molar-refractivity contribution in [3.8, 4) is 5.75 Å². The van der Waals surface area contributed by atoms with Crippen LogP contribution in [0.25, 0.3) is 0 Å². The van der Waals surface area contributed by atoms with Crippen LogP contribution in [0.5, 0.6) is 5.75 Å². The molecular weight excluding hydrogens is 251 g/mol. The van der Waals surface area contributed by atoms with Crippen LogP contribution in [0.2, 0.25) is 10.0 Å². The fourth-order valence-electron chi connectivity index (χ4n) is 0.681. The molecule has 1 nitrogen and oxygen atoms in total. The summed E-state index contributed by atoms with van der Waals surface area (Å²) in [6, 6.07) is 3.34. The molecular formula is C7H5BrCl2O. The van der Waals surface area contributed by atoms with E-state index < -0.39 is 0 Å². The molecule has 0 aromatic heterocycles. The van der Waals surface area contributed by atoms with E-state index in [1.807, 2.05) is 0 Å². The zero-order valence-corrected chi connectivity index (χ0v) is 8.79. The molecule has 0 amide bonds. The predicted molar refractivity (Wildman–Crippen MR) is 50.7 cm³/mol. The van der Waals surface area contributed by atoms with Crippen LogP contribution in [-0.4, -0.2) is 7.11 Å². The standard InChI is InChI=1S/C7H5BrCl2O/c1-11-6-3-4(9)2-5(10)7(6)8/h2-3H,1H3. The molecule has 0 aliphatic heterocycles. The first kappa shape index (κ1) is 9.17. The van der Waals surface area contributed by atoms with Crippen molar-refractivity contribution in [2.24, 2.45) is 0 Å². The summed E-state index contributed by atoms with van der Waals surface area (Å²) < 4.78 is 5.72. The van der Waals surface area contributed by atoms with Gasteiger partial charge in [0.05, 0.1) is 16.6 Å². The SMILES string of the molecule is COc1cc(Cl)cc(Cl)c1Br. The summed E-state index contributed by atoms with van der Waals surface area (Å²) in [7, 11) is 1.56. The van der Waals surface area contributed by atoms with E-state index in [0.29, 0.717) is 15.8 Å². The quantitative estimate of drug-likeness (QED) is 0.695. The first-order valence-corrected chi connectivity index (χ1v) is 4.38. The van der Waals surface area contributed by atoms with E-state index in [9.17, 15) is 0 Å². The maximum absolute atomic E-state index is 5.79. The number of hydrogen-bond donors (Lipinski definition) is 0. The van der Waals surface area contributed by atoms with Gasteiger partial charge in [0.25, 0.3) is 0 Å². The normalized spacial score (nSPS) is 9.82. The maximum Gasteiger partial charge on any atom is 0.136 e. The molecule has 0 aliphatic carbocycles. The summed E-state index contributed by atoms with van der Waals surface area (Å²) in [5.74, 6) is 0.641. The van der Waals surface area contributed by atoms with Gasteiger partial charge in [-0.05, 0) is 22.0 Å². The minimum atomic E-state index is 0.550. The Labute approximate surface area is 83.4 Å². The molecule has 0 spiro atoms. The molecule has 0 N–H and O–H groups in total. The van der Waals surface area contributed by atoms with Gasteiger partial charge in [-0.1, -0.05) is 23.2 Å². The van der Waals surface area contributed by atoms with Crippen molar-refractivity contribution >= 4 is 39.1 Å². The van der Waals surface area contributed by atoms with E-state index in [0.717, 1.165) is 4.47 Å². The molecule has 0 radical (unpaired) electrons. The second kappa shape index (κ2) is 3.65. The Morgan fingerprint density at radius 2 is 2.00 bits per heavy atom. The second-order valence-corrected chi connectivity index (χ2v) is 3.54. The van der Waals surface area contributed by atoms with Crippen LogP contribution in [0.15, 0.2) is 16.6 Å². The van der Waals surface area contributed by atoms with Crippen molar-refractivity contribution < 1.29 is 4.74 Å². The van der Waals surface area contributed by atoms with Gasteiger partial charge in [0, 0.05) is 11.1 Å². The Balaban J connectivity index is 3.24. The average Bonchev–Trinajstić information content (AvgIpc) is 1.96. The number of ether oxygens (including phenoxy) is 1. The van der Waals surface area contributed by atoms with Crippen molar-refractivity contribution in [1.82, 2.24) is 0 Å². The fraction of sp³-hybridized carbons (Fsp3) is 0.143. The number of methoxy groups -OCH3 is 1. The monoisotopic (exact) mass is 254 g/mol. The average molecular weight is 256 g/mol. The third kappa shape index (κ3) is 2.01. The van der Waals surface area contributed by atoms with Crippen LogP contribution in [0.4, 0.5) is 0 Å². The minimum Gasteiger partial charge on any atom is -0.495 e. The van der Waals surface area contributed by atoms with Crippen molar-refractivity contribution in [3.63, 3.8) is 0 Å². The molecule has 0 saturated heterocycles. The third-order valence-corrected chi connectivity index (χ3v) is 2.74. The first-order valence-electron chi connectivity index (χ1n) is 2.83. The first-order chi connectivity index (χ1) is 5.15. The molecule has 60 valence electrons. The van der Waals surface area contributed by atoms with Crippen LogP contribution < -0.4 is 4.74 Å². The summed E-state index contributed by atoms with van der Waals surface area (Å²) >= 11 is 14.8. The number of halogens is 3. The van der Waals surface area contributed by atoms with Gasteiger partial charge in [0.1, 0.15) is 5.75 Å². The lowest BCUT2D eigenvalue weighted by atomic mass is 10.3.